The Balaban J connectivity index is 2.64. The van der Waals surface area contributed by atoms with E-state index in [9.17, 15) is 4.79 Å². The summed E-state index contributed by atoms with van der Waals surface area (Å²) in [6, 6.07) is 1.97. The molecule has 0 bridgehead atoms. The number of likely N-dealkylation sites (tertiary alicyclic amines) is 1. The molecule has 2 atom stereocenters. The highest BCUT2D eigenvalue weighted by molar-refractivity contribution is 5.82. The zero-order chi connectivity index (χ0) is 13.1. The van der Waals surface area contributed by atoms with E-state index in [-0.39, 0.29) is 23.5 Å². The van der Waals surface area contributed by atoms with Gasteiger partial charge in [-0.15, -0.1) is 0 Å². The third-order valence-corrected chi connectivity index (χ3v) is 3.07. The van der Waals surface area contributed by atoms with Gasteiger partial charge in [0, 0.05) is 12.1 Å². The molecule has 1 aliphatic heterocycles. The van der Waals surface area contributed by atoms with Crippen molar-refractivity contribution in [3.8, 4) is 6.07 Å². The molecule has 1 heterocycles. The summed E-state index contributed by atoms with van der Waals surface area (Å²) in [5, 5.41) is 12.1. The topological polar surface area (TPSA) is 56.1 Å². The molecule has 0 spiro atoms. The lowest BCUT2D eigenvalue weighted by atomic mass is 10.0. The van der Waals surface area contributed by atoms with Crippen molar-refractivity contribution in [3.05, 3.63) is 0 Å². The number of amides is 1. The fraction of sp³-hybridized carbons (Fsp3) is 0.846. The maximum Gasteiger partial charge on any atom is 0.237 e. The Morgan fingerprint density at radius 3 is 2.65 bits per heavy atom. The van der Waals surface area contributed by atoms with Crippen molar-refractivity contribution < 1.29 is 4.79 Å². The smallest absolute Gasteiger partial charge is 0.237 e. The van der Waals surface area contributed by atoms with E-state index in [4.69, 9.17) is 5.26 Å². The van der Waals surface area contributed by atoms with Crippen LogP contribution < -0.4 is 5.32 Å². The normalized spacial score (nSPS) is 23.8. The average Bonchev–Trinajstić information content (AvgIpc) is 2.25. The number of nitrogens with one attached hydrogen (secondary N) is 1. The lowest BCUT2D eigenvalue weighted by Crippen LogP contribution is -2.54. The van der Waals surface area contributed by atoms with Crippen LogP contribution in [0.25, 0.3) is 0 Å². The molecule has 0 radical (unpaired) electrons. The van der Waals surface area contributed by atoms with Gasteiger partial charge < -0.3 is 5.32 Å². The molecule has 1 amide bonds. The number of carbonyl (C=O) groups excluding carboxylic acids is 1. The Morgan fingerprint density at radius 2 is 2.12 bits per heavy atom. The van der Waals surface area contributed by atoms with E-state index in [1.54, 1.807) is 0 Å². The Morgan fingerprint density at radius 1 is 1.47 bits per heavy atom. The fourth-order valence-electron chi connectivity index (χ4n) is 2.18. The highest BCUT2D eigenvalue weighted by atomic mass is 16.2. The second-order valence-electron chi connectivity index (χ2n) is 5.79. The molecule has 96 valence electrons. The maximum atomic E-state index is 12.1. The van der Waals surface area contributed by atoms with Crippen LogP contribution in [0.3, 0.4) is 0 Å². The van der Waals surface area contributed by atoms with Crippen LogP contribution >= 0.6 is 0 Å². The molecule has 4 heteroatoms. The monoisotopic (exact) mass is 237 g/mol. The molecule has 4 nitrogen and oxygen atoms in total. The molecule has 1 aliphatic rings. The van der Waals surface area contributed by atoms with Gasteiger partial charge in [0.25, 0.3) is 0 Å². The predicted molar refractivity (Wildman–Crippen MR) is 67.3 cm³/mol. The quantitative estimate of drug-likeness (QED) is 0.794. The zero-order valence-electron chi connectivity index (χ0n) is 11.3. The number of piperidine rings is 1. The van der Waals surface area contributed by atoms with Crippen LogP contribution in [0.2, 0.25) is 0 Å². The summed E-state index contributed by atoms with van der Waals surface area (Å²) in [5.74, 6) is 0.0136. The molecule has 0 aromatic rings. The lowest BCUT2D eigenvalue weighted by Gasteiger charge is -2.36. The molecule has 0 aliphatic carbocycles. The molecular formula is C13H23N3O. The molecule has 1 saturated heterocycles. The Labute approximate surface area is 104 Å². The first kappa shape index (κ1) is 14.0. The summed E-state index contributed by atoms with van der Waals surface area (Å²) in [6.07, 6.45) is 3.04. The average molecular weight is 237 g/mol. The van der Waals surface area contributed by atoms with Crippen molar-refractivity contribution in [2.24, 2.45) is 0 Å². The van der Waals surface area contributed by atoms with Crippen molar-refractivity contribution in [2.75, 3.05) is 6.54 Å². The van der Waals surface area contributed by atoms with E-state index in [1.165, 1.54) is 0 Å². The van der Waals surface area contributed by atoms with Gasteiger partial charge in [-0.3, -0.25) is 9.69 Å². The molecule has 1 fully saturated rings. The van der Waals surface area contributed by atoms with E-state index in [2.05, 4.69) is 11.4 Å². The number of hydrogen-bond acceptors (Lipinski definition) is 3. The second kappa shape index (κ2) is 5.50. The highest BCUT2D eigenvalue weighted by Gasteiger charge is 2.31. The van der Waals surface area contributed by atoms with Gasteiger partial charge in [-0.25, -0.2) is 0 Å². The minimum atomic E-state index is -0.223. The SMILES string of the molecule is CC(C(=O)NC(C)(C)C)N1CCCCC1C#N. The van der Waals surface area contributed by atoms with Gasteiger partial charge in [-0.05, 0) is 47.0 Å². The molecule has 1 rings (SSSR count). The zero-order valence-corrected chi connectivity index (χ0v) is 11.3. The summed E-state index contributed by atoms with van der Waals surface area (Å²) < 4.78 is 0. The first-order valence-electron chi connectivity index (χ1n) is 6.32. The van der Waals surface area contributed by atoms with E-state index in [0.29, 0.717) is 0 Å². The molecule has 0 aromatic carbocycles. The van der Waals surface area contributed by atoms with Gasteiger partial charge in [-0.2, -0.15) is 5.26 Å². The number of carbonyl (C=O) groups is 1. The molecule has 2 unspecified atom stereocenters. The molecular weight excluding hydrogens is 214 g/mol. The largest absolute Gasteiger partial charge is 0.350 e. The van der Waals surface area contributed by atoms with E-state index < -0.39 is 0 Å². The van der Waals surface area contributed by atoms with Crippen molar-refractivity contribution in [1.29, 1.82) is 5.26 Å². The van der Waals surface area contributed by atoms with Crippen LogP contribution in [0.5, 0.6) is 0 Å². The lowest BCUT2D eigenvalue weighted by molar-refractivity contribution is -0.128. The van der Waals surface area contributed by atoms with Crippen molar-refractivity contribution >= 4 is 5.91 Å². The number of hydrogen-bond donors (Lipinski definition) is 1. The van der Waals surface area contributed by atoms with Crippen LogP contribution in [0.4, 0.5) is 0 Å². The molecule has 0 aromatic heterocycles. The van der Waals surface area contributed by atoms with Gasteiger partial charge in [0.15, 0.2) is 0 Å². The standard InChI is InChI=1S/C13H23N3O/c1-10(12(17)15-13(2,3)4)16-8-6-5-7-11(16)9-14/h10-11H,5-8H2,1-4H3,(H,15,17). The van der Waals surface area contributed by atoms with Gasteiger partial charge in [-0.1, -0.05) is 0 Å². The third kappa shape index (κ3) is 4.01. The molecule has 0 saturated carbocycles. The first-order chi connectivity index (χ1) is 7.85. The maximum absolute atomic E-state index is 12.1. The summed E-state index contributed by atoms with van der Waals surface area (Å²) in [5.41, 5.74) is -0.219. The van der Waals surface area contributed by atoms with Crippen molar-refractivity contribution in [1.82, 2.24) is 10.2 Å². The third-order valence-electron chi connectivity index (χ3n) is 3.07. The number of rotatable bonds is 2. The van der Waals surface area contributed by atoms with Crippen LogP contribution in [-0.4, -0.2) is 35.0 Å². The Bertz CT molecular complexity index is 314. The van der Waals surface area contributed by atoms with Gasteiger partial charge in [0.2, 0.25) is 5.91 Å². The summed E-state index contributed by atoms with van der Waals surface area (Å²) >= 11 is 0. The summed E-state index contributed by atoms with van der Waals surface area (Å²) in [4.78, 5) is 14.1. The molecule has 17 heavy (non-hydrogen) atoms. The number of nitrogens with zero attached hydrogens (tertiary/aromatic N) is 2. The highest BCUT2D eigenvalue weighted by Crippen LogP contribution is 2.19. The van der Waals surface area contributed by atoms with E-state index in [0.717, 1.165) is 25.8 Å². The predicted octanol–water partition coefficient (Wildman–Crippen LogP) is 1.67. The van der Waals surface area contributed by atoms with Gasteiger partial charge >= 0.3 is 0 Å². The summed E-state index contributed by atoms with van der Waals surface area (Å²) in [6.45, 7) is 8.63. The molecule has 1 N–H and O–H groups in total. The van der Waals surface area contributed by atoms with Gasteiger partial charge in [0.1, 0.15) is 0 Å². The summed E-state index contributed by atoms with van der Waals surface area (Å²) in [7, 11) is 0. The van der Waals surface area contributed by atoms with Crippen molar-refractivity contribution in [3.63, 3.8) is 0 Å². The van der Waals surface area contributed by atoms with Crippen LogP contribution in [-0.2, 0) is 4.79 Å². The van der Waals surface area contributed by atoms with Gasteiger partial charge in [0.05, 0.1) is 18.2 Å². The fourth-order valence-corrected chi connectivity index (χ4v) is 2.18. The number of nitriles is 1. The van der Waals surface area contributed by atoms with E-state index in [1.807, 2.05) is 32.6 Å². The minimum absolute atomic E-state index is 0.0136. The van der Waals surface area contributed by atoms with Crippen LogP contribution in [0.1, 0.15) is 47.0 Å². The Hall–Kier alpha value is -1.08. The van der Waals surface area contributed by atoms with E-state index >= 15 is 0 Å². The van der Waals surface area contributed by atoms with Crippen LogP contribution in [0, 0.1) is 11.3 Å². The minimum Gasteiger partial charge on any atom is -0.350 e. The van der Waals surface area contributed by atoms with Crippen LogP contribution in [0.15, 0.2) is 0 Å². The second-order valence-corrected chi connectivity index (χ2v) is 5.79. The Kier molecular flexibility index (Phi) is 4.53. The van der Waals surface area contributed by atoms with Crippen molar-refractivity contribution in [2.45, 2.75) is 64.6 Å². The first-order valence-corrected chi connectivity index (χ1v) is 6.32.